The fraction of sp³-hybridized carbons (Fsp3) is 0.939. The van der Waals surface area contributed by atoms with Gasteiger partial charge in [0.05, 0.1) is 0 Å². The molecule has 0 heterocycles. The molecule has 0 aromatic heterocycles. The predicted octanol–water partition coefficient (Wildman–Crippen LogP) is 11.0. The molecule has 0 radical (unpaired) electrons. The zero-order valence-electron chi connectivity index (χ0n) is 25.4. The molecule has 226 valence electrons. The lowest BCUT2D eigenvalue weighted by atomic mass is 10.0. The summed E-state index contributed by atoms with van der Waals surface area (Å²) in [6.07, 6.45) is 31.2. The average Bonchev–Trinajstić information content (AvgIpc) is 2.92. The minimum Gasteiger partial charge on any atom is -0.462 e. The Kier molecular flexibility index (Phi) is 30.5. The Bertz CT molecular complexity index is 511. The Labute approximate surface area is 245 Å². The lowest BCUT2D eigenvalue weighted by Gasteiger charge is -2.15. The van der Waals surface area contributed by atoms with E-state index in [0.717, 1.165) is 25.7 Å². The maximum Gasteiger partial charge on any atom is 0.306 e. The van der Waals surface area contributed by atoms with Crippen LogP contribution in [0.4, 0.5) is 0 Å². The second-order valence-corrected chi connectivity index (χ2v) is 11.9. The van der Waals surface area contributed by atoms with E-state index >= 15 is 0 Å². The van der Waals surface area contributed by atoms with Gasteiger partial charge in [-0.25, -0.2) is 0 Å². The normalized spacial score (nSPS) is 12.0. The lowest BCUT2D eigenvalue weighted by molar-refractivity contribution is -0.157. The Morgan fingerprint density at radius 3 is 1.16 bits per heavy atom. The molecule has 4 nitrogen and oxygen atoms in total. The Morgan fingerprint density at radius 1 is 0.500 bits per heavy atom. The van der Waals surface area contributed by atoms with Crippen molar-refractivity contribution in [3.05, 3.63) is 0 Å². The predicted molar refractivity (Wildman–Crippen MR) is 166 cm³/mol. The maximum atomic E-state index is 12.2. The molecule has 0 fully saturated rings. The highest BCUT2D eigenvalue weighted by Crippen LogP contribution is 2.15. The largest absolute Gasteiger partial charge is 0.462 e. The van der Waals surface area contributed by atoms with Crippen molar-refractivity contribution in [1.82, 2.24) is 0 Å². The molecule has 0 saturated heterocycles. The van der Waals surface area contributed by atoms with E-state index < -0.39 is 6.10 Å². The van der Waals surface area contributed by atoms with E-state index in [2.05, 4.69) is 29.8 Å². The van der Waals surface area contributed by atoms with Crippen LogP contribution in [0, 0.1) is 0 Å². The number of carbonyl (C=O) groups excluding carboxylic acids is 2. The average molecular weight is 604 g/mol. The summed E-state index contributed by atoms with van der Waals surface area (Å²) in [5, 5.41) is 0.489. The number of carbonyl (C=O) groups is 2. The zero-order chi connectivity index (χ0) is 27.9. The quantitative estimate of drug-likeness (QED) is 0.0466. The molecular formula is C33H63BrO4. The van der Waals surface area contributed by atoms with Gasteiger partial charge in [0.25, 0.3) is 0 Å². The van der Waals surface area contributed by atoms with E-state index in [9.17, 15) is 9.59 Å². The smallest absolute Gasteiger partial charge is 0.306 e. The number of ether oxygens (including phenoxy) is 2. The first-order valence-corrected chi connectivity index (χ1v) is 17.7. The molecule has 0 unspecified atom stereocenters. The summed E-state index contributed by atoms with van der Waals surface area (Å²) in [7, 11) is 0. The van der Waals surface area contributed by atoms with Crippen molar-refractivity contribution in [3.8, 4) is 0 Å². The van der Waals surface area contributed by atoms with Gasteiger partial charge in [0.15, 0.2) is 0 Å². The fourth-order valence-corrected chi connectivity index (χ4v) is 5.15. The van der Waals surface area contributed by atoms with Crippen molar-refractivity contribution in [2.75, 3.05) is 11.9 Å². The van der Waals surface area contributed by atoms with E-state index in [-0.39, 0.29) is 18.5 Å². The molecule has 0 aromatic carbocycles. The van der Waals surface area contributed by atoms with Gasteiger partial charge in [-0.05, 0) is 12.8 Å². The molecule has 0 aliphatic heterocycles. The van der Waals surface area contributed by atoms with Crippen LogP contribution in [0.1, 0.15) is 181 Å². The summed E-state index contributed by atoms with van der Waals surface area (Å²) < 4.78 is 10.9. The summed E-state index contributed by atoms with van der Waals surface area (Å²) >= 11 is 3.38. The summed E-state index contributed by atoms with van der Waals surface area (Å²) in [5.41, 5.74) is 0. The van der Waals surface area contributed by atoms with Crippen molar-refractivity contribution in [2.45, 2.75) is 187 Å². The monoisotopic (exact) mass is 602 g/mol. The molecule has 0 spiro atoms. The van der Waals surface area contributed by atoms with Gasteiger partial charge in [0.1, 0.15) is 12.7 Å². The van der Waals surface area contributed by atoms with Crippen molar-refractivity contribution in [1.29, 1.82) is 0 Å². The van der Waals surface area contributed by atoms with Crippen LogP contribution in [0.5, 0.6) is 0 Å². The van der Waals surface area contributed by atoms with Gasteiger partial charge in [0, 0.05) is 18.2 Å². The van der Waals surface area contributed by atoms with Gasteiger partial charge in [-0.2, -0.15) is 0 Å². The van der Waals surface area contributed by atoms with Crippen LogP contribution in [0.25, 0.3) is 0 Å². The summed E-state index contributed by atoms with van der Waals surface area (Å²) in [5.74, 6) is -0.364. The number of halogens is 1. The van der Waals surface area contributed by atoms with E-state index in [1.54, 1.807) is 0 Å². The molecule has 0 rings (SSSR count). The van der Waals surface area contributed by atoms with E-state index in [1.165, 1.54) is 128 Å². The SMILES string of the molecule is CCCCCCCCCCCCCCCCCC(=O)O[C@@H](CBr)COC(=O)CCCCCCCCCCC. The van der Waals surface area contributed by atoms with E-state index in [0.29, 0.717) is 18.2 Å². The third-order valence-corrected chi connectivity index (χ3v) is 8.09. The minimum absolute atomic E-state index is 0.145. The first-order valence-electron chi connectivity index (χ1n) is 16.5. The number of unbranched alkanes of at least 4 members (excludes halogenated alkanes) is 22. The Balaban J connectivity index is 3.53. The van der Waals surface area contributed by atoms with Crippen molar-refractivity contribution in [3.63, 3.8) is 0 Å². The molecule has 38 heavy (non-hydrogen) atoms. The molecule has 0 aliphatic carbocycles. The van der Waals surface area contributed by atoms with E-state index in [1.807, 2.05) is 0 Å². The lowest BCUT2D eigenvalue weighted by Crippen LogP contribution is -2.26. The molecular weight excluding hydrogens is 540 g/mol. The number of alkyl halides is 1. The molecule has 0 bridgehead atoms. The molecule has 0 saturated carbocycles. The number of rotatable bonds is 30. The third-order valence-electron chi connectivity index (χ3n) is 7.37. The third kappa shape index (κ3) is 28.4. The Morgan fingerprint density at radius 2 is 0.816 bits per heavy atom. The van der Waals surface area contributed by atoms with Crippen molar-refractivity contribution in [2.24, 2.45) is 0 Å². The molecule has 1 atom stereocenters. The fourth-order valence-electron chi connectivity index (χ4n) is 4.83. The molecule has 0 aliphatic rings. The van der Waals surface area contributed by atoms with Crippen LogP contribution in [-0.2, 0) is 19.1 Å². The zero-order valence-corrected chi connectivity index (χ0v) is 27.0. The first-order chi connectivity index (χ1) is 18.6. The minimum atomic E-state index is -0.397. The molecule has 0 N–H and O–H groups in total. The highest BCUT2D eigenvalue weighted by atomic mass is 79.9. The second-order valence-electron chi connectivity index (χ2n) is 11.2. The van der Waals surface area contributed by atoms with Crippen molar-refractivity contribution >= 4 is 27.9 Å². The van der Waals surface area contributed by atoms with Gasteiger partial charge in [0.2, 0.25) is 0 Å². The van der Waals surface area contributed by atoms with Crippen LogP contribution in [-0.4, -0.2) is 30.0 Å². The van der Waals surface area contributed by atoms with Crippen LogP contribution in [0.3, 0.4) is 0 Å². The van der Waals surface area contributed by atoms with Crippen LogP contribution in [0.2, 0.25) is 0 Å². The van der Waals surface area contributed by atoms with Gasteiger partial charge in [-0.15, -0.1) is 0 Å². The highest BCUT2D eigenvalue weighted by molar-refractivity contribution is 9.09. The second kappa shape index (κ2) is 31.0. The topological polar surface area (TPSA) is 52.6 Å². The number of hydrogen-bond acceptors (Lipinski definition) is 4. The summed E-state index contributed by atoms with van der Waals surface area (Å²) in [6.45, 7) is 4.66. The summed E-state index contributed by atoms with van der Waals surface area (Å²) in [6, 6.07) is 0. The van der Waals surface area contributed by atoms with Crippen LogP contribution >= 0.6 is 15.9 Å². The molecule has 0 amide bonds. The van der Waals surface area contributed by atoms with Gasteiger partial charge < -0.3 is 9.47 Å². The maximum absolute atomic E-state index is 12.2. The van der Waals surface area contributed by atoms with Gasteiger partial charge >= 0.3 is 11.9 Å². The van der Waals surface area contributed by atoms with Crippen molar-refractivity contribution < 1.29 is 19.1 Å². The standard InChI is InChI=1S/C33H63BrO4/c1-3-5-7-9-11-13-14-15-16-17-18-20-22-24-26-28-33(36)38-31(29-34)30-37-32(35)27-25-23-21-19-12-10-8-6-4-2/h31H,3-30H2,1-2H3/t31-/m0/s1. The van der Waals surface area contributed by atoms with Gasteiger partial charge in [-0.3, -0.25) is 9.59 Å². The molecule has 5 heteroatoms. The molecule has 0 aromatic rings. The van der Waals surface area contributed by atoms with Crippen LogP contribution in [0.15, 0.2) is 0 Å². The number of hydrogen-bond donors (Lipinski definition) is 0. The van der Waals surface area contributed by atoms with Gasteiger partial charge in [-0.1, -0.05) is 171 Å². The Hall–Kier alpha value is -0.580. The first kappa shape index (κ1) is 37.4. The van der Waals surface area contributed by atoms with E-state index in [4.69, 9.17) is 9.47 Å². The highest BCUT2D eigenvalue weighted by Gasteiger charge is 2.15. The van der Waals surface area contributed by atoms with Crippen LogP contribution < -0.4 is 0 Å². The number of esters is 2. The summed E-state index contributed by atoms with van der Waals surface area (Å²) in [4.78, 5) is 24.2.